The highest BCUT2D eigenvalue weighted by atomic mass is 35.5. The van der Waals surface area contributed by atoms with Crippen molar-refractivity contribution in [1.82, 2.24) is 14.5 Å². The van der Waals surface area contributed by atoms with Crippen molar-refractivity contribution in [1.29, 1.82) is 0 Å². The fourth-order valence-electron chi connectivity index (χ4n) is 1.84. The van der Waals surface area contributed by atoms with Gasteiger partial charge in [0.2, 0.25) is 5.28 Å². The van der Waals surface area contributed by atoms with E-state index in [2.05, 4.69) is 9.97 Å². The van der Waals surface area contributed by atoms with E-state index in [1.165, 1.54) is 12.1 Å². The average molecular weight is 262 g/mol. The van der Waals surface area contributed by atoms with Crippen LogP contribution in [0.5, 0.6) is 0 Å². The van der Waals surface area contributed by atoms with Crippen LogP contribution in [0.3, 0.4) is 0 Å². The fraction of sp³-hybridized carbons (Fsp3) is 0.0769. The third-order valence-corrected chi connectivity index (χ3v) is 3.00. The molecule has 18 heavy (non-hydrogen) atoms. The van der Waals surface area contributed by atoms with E-state index in [-0.39, 0.29) is 5.82 Å². The quantitative estimate of drug-likeness (QED) is 0.709. The van der Waals surface area contributed by atoms with Gasteiger partial charge in [0.1, 0.15) is 11.3 Å². The zero-order valence-corrected chi connectivity index (χ0v) is 10.1. The van der Waals surface area contributed by atoms with E-state index in [9.17, 15) is 4.39 Å². The van der Waals surface area contributed by atoms with Crippen molar-refractivity contribution in [2.75, 3.05) is 0 Å². The minimum atomic E-state index is -0.251. The second-order valence-electron chi connectivity index (χ2n) is 3.94. The lowest BCUT2D eigenvalue weighted by Crippen LogP contribution is -2.00. The number of benzene rings is 1. The van der Waals surface area contributed by atoms with Crippen molar-refractivity contribution >= 4 is 22.8 Å². The Hall–Kier alpha value is -1.94. The van der Waals surface area contributed by atoms with Crippen molar-refractivity contribution in [3.63, 3.8) is 0 Å². The van der Waals surface area contributed by atoms with Crippen molar-refractivity contribution in [3.8, 4) is 0 Å². The van der Waals surface area contributed by atoms with E-state index in [0.717, 1.165) is 16.7 Å². The lowest BCUT2D eigenvalue weighted by Gasteiger charge is -2.05. The molecule has 3 rings (SSSR count). The summed E-state index contributed by atoms with van der Waals surface area (Å²) in [5.74, 6) is -0.251. The van der Waals surface area contributed by atoms with Gasteiger partial charge >= 0.3 is 0 Å². The number of pyridine rings is 1. The Balaban J connectivity index is 2.04. The zero-order chi connectivity index (χ0) is 12.5. The molecule has 0 aliphatic heterocycles. The van der Waals surface area contributed by atoms with Crippen molar-refractivity contribution < 1.29 is 4.39 Å². The molecule has 2 aromatic heterocycles. The number of rotatable bonds is 2. The molecule has 90 valence electrons. The highest BCUT2D eigenvalue weighted by molar-refractivity contribution is 6.29. The number of fused-ring (bicyclic) bond motifs is 1. The fourth-order valence-corrected chi connectivity index (χ4v) is 2.07. The standard InChI is InChI=1S/C13H9ClFN3/c14-13-17-11-2-1-7-16-12(11)18(13)8-9-3-5-10(15)6-4-9/h1-7H,8H2. The number of hydrogen-bond acceptors (Lipinski definition) is 2. The summed E-state index contributed by atoms with van der Waals surface area (Å²) in [5.41, 5.74) is 2.43. The maximum atomic E-state index is 12.8. The monoisotopic (exact) mass is 261 g/mol. The van der Waals surface area contributed by atoms with Gasteiger partial charge in [-0.3, -0.25) is 4.57 Å². The summed E-state index contributed by atoms with van der Waals surface area (Å²) in [6.45, 7) is 0.520. The van der Waals surface area contributed by atoms with Crippen LogP contribution >= 0.6 is 11.6 Å². The lowest BCUT2D eigenvalue weighted by molar-refractivity contribution is 0.626. The summed E-state index contributed by atoms with van der Waals surface area (Å²) in [7, 11) is 0. The van der Waals surface area contributed by atoms with E-state index in [0.29, 0.717) is 11.8 Å². The third-order valence-electron chi connectivity index (χ3n) is 2.71. The molecule has 0 unspecified atom stereocenters. The first-order chi connectivity index (χ1) is 8.74. The molecule has 0 fully saturated rings. The topological polar surface area (TPSA) is 30.7 Å². The summed E-state index contributed by atoms with van der Waals surface area (Å²) in [6, 6.07) is 9.97. The number of nitrogens with zero attached hydrogens (tertiary/aromatic N) is 3. The summed E-state index contributed by atoms with van der Waals surface area (Å²) >= 11 is 6.09. The molecular formula is C13H9ClFN3. The first-order valence-corrected chi connectivity index (χ1v) is 5.83. The molecule has 5 heteroatoms. The van der Waals surface area contributed by atoms with Crippen LogP contribution in [0.2, 0.25) is 5.28 Å². The van der Waals surface area contributed by atoms with E-state index in [1.54, 1.807) is 22.9 Å². The van der Waals surface area contributed by atoms with Crippen LogP contribution in [-0.2, 0) is 6.54 Å². The average Bonchev–Trinajstić information content (AvgIpc) is 2.69. The number of halogens is 2. The Morgan fingerprint density at radius 2 is 1.94 bits per heavy atom. The molecule has 2 heterocycles. The van der Waals surface area contributed by atoms with Crippen molar-refractivity contribution in [2.24, 2.45) is 0 Å². The Morgan fingerprint density at radius 3 is 2.72 bits per heavy atom. The molecule has 0 aliphatic carbocycles. The maximum Gasteiger partial charge on any atom is 0.205 e. The van der Waals surface area contributed by atoms with E-state index in [1.807, 2.05) is 12.1 Å². The second-order valence-corrected chi connectivity index (χ2v) is 4.28. The summed E-state index contributed by atoms with van der Waals surface area (Å²) in [6.07, 6.45) is 1.70. The van der Waals surface area contributed by atoms with Crippen molar-refractivity contribution in [3.05, 3.63) is 59.3 Å². The van der Waals surface area contributed by atoms with Gasteiger partial charge in [-0.15, -0.1) is 0 Å². The van der Waals surface area contributed by atoms with Gasteiger partial charge < -0.3 is 0 Å². The van der Waals surface area contributed by atoms with Crippen LogP contribution in [0.1, 0.15) is 5.56 Å². The smallest absolute Gasteiger partial charge is 0.205 e. The van der Waals surface area contributed by atoms with Crippen LogP contribution in [0.25, 0.3) is 11.2 Å². The molecule has 0 radical (unpaired) electrons. The van der Waals surface area contributed by atoms with E-state index < -0.39 is 0 Å². The van der Waals surface area contributed by atoms with Gasteiger partial charge in [0.15, 0.2) is 5.65 Å². The molecule has 0 atom stereocenters. The molecule has 0 aliphatic rings. The van der Waals surface area contributed by atoms with Crippen LogP contribution in [-0.4, -0.2) is 14.5 Å². The number of hydrogen-bond donors (Lipinski definition) is 0. The number of imidazole rings is 1. The summed E-state index contributed by atoms with van der Waals surface area (Å²) in [5, 5.41) is 0.382. The molecule has 3 aromatic rings. The molecular weight excluding hydrogens is 253 g/mol. The van der Waals surface area contributed by atoms with E-state index in [4.69, 9.17) is 11.6 Å². The van der Waals surface area contributed by atoms with Crippen LogP contribution in [0.4, 0.5) is 4.39 Å². The third kappa shape index (κ3) is 1.95. The highest BCUT2D eigenvalue weighted by Crippen LogP contribution is 2.19. The largest absolute Gasteiger partial charge is 0.295 e. The first kappa shape index (κ1) is 11.2. The van der Waals surface area contributed by atoms with Gasteiger partial charge in [-0.1, -0.05) is 12.1 Å². The Bertz CT molecular complexity index is 691. The molecule has 1 aromatic carbocycles. The predicted octanol–water partition coefficient (Wildman–Crippen LogP) is 3.27. The Morgan fingerprint density at radius 1 is 1.17 bits per heavy atom. The molecule has 3 nitrogen and oxygen atoms in total. The first-order valence-electron chi connectivity index (χ1n) is 5.45. The molecule has 0 saturated carbocycles. The van der Waals surface area contributed by atoms with Crippen LogP contribution < -0.4 is 0 Å². The normalized spacial score (nSPS) is 11.0. The second kappa shape index (κ2) is 4.38. The molecule has 0 amide bonds. The Labute approximate surface area is 108 Å². The van der Waals surface area contributed by atoms with Gasteiger partial charge in [-0.05, 0) is 41.4 Å². The minimum Gasteiger partial charge on any atom is -0.295 e. The van der Waals surface area contributed by atoms with Crippen LogP contribution in [0, 0.1) is 5.82 Å². The van der Waals surface area contributed by atoms with E-state index >= 15 is 0 Å². The molecule has 0 N–H and O–H groups in total. The summed E-state index contributed by atoms with van der Waals surface area (Å²) in [4.78, 5) is 8.48. The van der Waals surface area contributed by atoms with Gasteiger partial charge in [-0.2, -0.15) is 0 Å². The summed E-state index contributed by atoms with van der Waals surface area (Å²) < 4.78 is 14.6. The minimum absolute atomic E-state index is 0.251. The molecule has 0 spiro atoms. The van der Waals surface area contributed by atoms with Crippen LogP contribution in [0.15, 0.2) is 42.6 Å². The van der Waals surface area contributed by atoms with Crippen molar-refractivity contribution in [2.45, 2.75) is 6.54 Å². The van der Waals surface area contributed by atoms with Gasteiger partial charge in [0.25, 0.3) is 0 Å². The SMILES string of the molecule is Fc1ccc(Cn2c(Cl)nc3cccnc32)cc1. The predicted molar refractivity (Wildman–Crippen MR) is 68.0 cm³/mol. The number of aromatic nitrogens is 3. The molecule has 0 bridgehead atoms. The lowest BCUT2D eigenvalue weighted by atomic mass is 10.2. The Kier molecular flexibility index (Phi) is 2.72. The van der Waals surface area contributed by atoms with Gasteiger partial charge in [0.05, 0.1) is 6.54 Å². The highest BCUT2D eigenvalue weighted by Gasteiger charge is 2.09. The maximum absolute atomic E-state index is 12.8. The van der Waals surface area contributed by atoms with Gasteiger partial charge in [0, 0.05) is 6.20 Å². The van der Waals surface area contributed by atoms with Gasteiger partial charge in [-0.25, -0.2) is 14.4 Å². The zero-order valence-electron chi connectivity index (χ0n) is 9.35. The molecule has 0 saturated heterocycles.